The summed E-state index contributed by atoms with van der Waals surface area (Å²) in [6.45, 7) is 8.75. The molecule has 1 aromatic rings. The minimum absolute atomic E-state index is 0.0149. The van der Waals surface area contributed by atoms with Crippen LogP contribution >= 0.6 is 0 Å². The summed E-state index contributed by atoms with van der Waals surface area (Å²) in [6, 6.07) is 7.55. The third-order valence-electron chi connectivity index (χ3n) is 4.72. The predicted octanol–water partition coefficient (Wildman–Crippen LogP) is 2.61. The SMILES string of the molecule is C=N/C(=C\C(=NC)NC(=O)C1CCN(CC)CC1)c1ccccc1OC. The molecule has 0 saturated carbocycles. The van der Waals surface area contributed by atoms with Gasteiger partial charge in [-0.1, -0.05) is 19.1 Å². The van der Waals surface area contributed by atoms with E-state index in [9.17, 15) is 4.79 Å². The van der Waals surface area contributed by atoms with Gasteiger partial charge in [0.15, 0.2) is 0 Å². The molecule has 0 bridgehead atoms. The maximum absolute atomic E-state index is 12.6. The fourth-order valence-corrected chi connectivity index (χ4v) is 3.09. The molecule has 2 rings (SSSR count). The van der Waals surface area contributed by atoms with Crippen LogP contribution in [0.3, 0.4) is 0 Å². The molecule has 1 aliphatic rings. The lowest BCUT2D eigenvalue weighted by atomic mass is 9.96. The number of para-hydroxylation sites is 1. The molecule has 1 saturated heterocycles. The van der Waals surface area contributed by atoms with Gasteiger partial charge in [-0.15, -0.1) is 0 Å². The summed E-state index contributed by atoms with van der Waals surface area (Å²) in [5.41, 5.74) is 1.40. The second kappa shape index (κ2) is 9.87. The van der Waals surface area contributed by atoms with Crippen molar-refractivity contribution in [3.05, 3.63) is 35.9 Å². The first-order valence-electron chi connectivity index (χ1n) is 8.94. The van der Waals surface area contributed by atoms with E-state index in [1.807, 2.05) is 24.3 Å². The number of nitrogens with one attached hydrogen (secondary N) is 1. The number of ether oxygens (including phenoxy) is 1. The van der Waals surface area contributed by atoms with Crippen LogP contribution in [0.1, 0.15) is 25.3 Å². The van der Waals surface area contributed by atoms with Gasteiger partial charge in [-0.3, -0.25) is 14.8 Å². The number of methoxy groups -OCH3 is 1. The van der Waals surface area contributed by atoms with E-state index in [2.05, 4.69) is 33.8 Å². The predicted molar refractivity (Wildman–Crippen MR) is 107 cm³/mol. The number of piperidine rings is 1. The first-order chi connectivity index (χ1) is 12.6. The van der Waals surface area contributed by atoms with Gasteiger partial charge in [0.2, 0.25) is 5.91 Å². The van der Waals surface area contributed by atoms with Crippen molar-refractivity contribution in [3.63, 3.8) is 0 Å². The summed E-state index contributed by atoms with van der Waals surface area (Å²) in [7, 11) is 3.26. The van der Waals surface area contributed by atoms with E-state index in [1.165, 1.54) is 0 Å². The number of hydrogen-bond donors (Lipinski definition) is 1. The van der Waals surface area contributed by atoms with Crippen molar-refractivity contribution in [2.75, 3.05) is 33.8 Å². The lowest BCUT2D eigenvalue weighted by molar-refractivity contribution is -0.124. The molecule has 26 heavy (non-hydrogen) atoms. The van der Waals surface area contributed by atoms with Crippen LogP contribution in [0.15, 0.2) is 40.3 Å². The van der Waals surface area contributed by atoms with Gasteiger partial charge in [0.25, 0.3) is 0 Å². The maximum Gasteiger partial charge on any atom is 0.228 e. The molecule has 0 spiro atoms. The van der Waals surface area contributed by atoms with Crippen LogP contribution in [0.2, 0.25) is 0 Å². The largest absolute Gasteiger partial charge is 0.496 e. The van der Waals surface area contributed by atoms with Crippen LogP contribution in [0, 0.1) is 5.92 Å². The number of amides is 1. The molecule has 1 aliphatic heterocycles. The molecule has 0 unspecified atom stereocenters. The van der Waals surface area contributed by atoms with E-state index >= 15 is 0 Å². The van der Waals surface area contributed by atoms with E-state index in [-0.39, 0.29) is 11.8 Å². The Morgan fingerprint density at radius 3 is 2.65 bits per heavy atom. The highest BCUT2D eigenvalue weighted by molar-refractivity contribution is 6.08. The molecule has 0 radical (unpaired) electrons. The van der Waals surface area contributed by atoms with Crippen molar-refractivity contribution in [2.24, 2.45) is 15.9 Å². The molecule has 6 nitrogen and oxygen atoms in total. The lowest BCUT2D eigenvalue weighted by Gasteiger charge is -2.30. The van der Waals surface area contributed by atoms with Gasteiger partial charge in [0.05, 0.1) is 12.8 Å². The second-order valence-electron chi connectivity index (χ2n) is 6.19. The Labute approximate surface area is 155 Å². The Morgan fingerprint density at radius 2 is 2.08 bits per heavy atom. The zero-order chi connectivity index (χ0) is 18.9. The summed E-state index contributed by atoms with van der Waals surface area (Å²) in [6.07, 6.45) is 3.48. The topological polar surface area (TPSA) is 66.3 Å². The highest BCUT2D eigenvalue weighted by atomic mass is 16.5. The number of carbonyl (C=O) groups is 1. The number of carbonyl (C=O) groups excluding carboxylic acids is 1. The van der Waals surface area contributed by atoms with E-state index in [0.717, 1.165) is 38.0 Å². The Bertz CT molecular complexity index is 689. The molecule has 1 fully saturated rings. The molecule has 0 aliphatic carbocycles. The van der Waals surface area contributed by atoms with Crippen molar-refractivity contribution < 1.29 is 9.53 Å². The smallest absolute Gasteiger partial charge is 0.228 e. The number of likely N-dealkylation sites (tertiary alicyclic amines) is 1. The van der Waals surface area contributed by atoms with Crippen molar-refractivity contribution in [1.82, 2.24) is 10.2 Å². The van der Waals surface area contributed by atoms with E-state index < -0.39 is 0 Å². The number of hydrogen-bond acceptors (Lipinski definition) is 5. The van der Waals surface area contributed by atoms with Crippen LogP contribution in [-0.2, 0) is 4.79 Å². The first-order valence-corrected chi connectivity index (χ1v) is 8.94. The molecular weight excluding hydrogens is 328 g/mol. The van der Waals surface area contributed by atoms with Gasteiger partial charge in [-0.2, -0.15) is 0 Å². The van der Waals surface area contributed by atoms with Crippen LogP contribution in [0.4, 0.5) is 0 Å². The lowest BCUT2D eigenvalue weighted by Crippen LogP contribution is -2.42. The molecule has 0 atom stereocenters. The van der Waals surface area contributed by atoms with Gasteiger partial charge in [-0.05, 0) is 51.3 Å². The van der Waals surface area contributed by atoms with Gasteiger partial charge in [0.1, 0.15) is 11.6 Å². The molecule has 0 aromatic heterocycles. The van der Waals surface area contributed by atoms with Crippen LogP contribution in [0.25, 0.3) is 5.70 Å². The molecule has 1 aromatic carbocycles. The Morgan fingerprint density at radius 1 is 1.38 bits per heavy atom. The molecule has 6 heteroatoms. The minimum Gasteiger partial charge on any atom is -0.496 e. The Kier molecular flexibility index (Phi) is 7.53. The van der Waals surface area contributed by atoms with Crippen molar-refractivity contribution in [2.45, 2.75) is 19.8 Å². The fraction of sp³-hybridized carbons (Fsp3) is 0.450. The fourth-order valence-electron chi connectivity index (χ4n) is 3.09. The quantitative estimate of drug-likeness (QED) is 0.629. The van der Waals surface area contributed by atoms with Gasteiger partial charge >= 0.3 is 0 Å². The zero-order valence-corrected chi connectivity index (χ0v) is 15.9. The highest BCUT2D eigenvalue weighted by Gasteiger charge is 2.24. The first kappa shape index (κ1) is 19.8. The molecule has 1 amide bonds. The summed E-state index contributed by atoms with van der Waals surface area (Å²) in [5, 5.41) is 2.93. The minimum atomic E-state index is 0.0149. The third-order valence-corrected chi connectivity index (χ3v) is 4.72. The number of rotatable bonds is 6. The van der Waals surface area contributed by atoms with Crippen molar-refractivity contribution in [1.29, 1.82) is 0 Å². The zero-order valence-electron chi connectivity index (χ0n) is 15.9. The van der Waals surface area contributed by atoms with Gasteiger partial charge in [0, 0.05) is 24.6 Å². The number of nitrogens with zero attached hydrogens (tertiary/aromatic N) is 3. The molecule has 1 heterocycles. The second-order valence-corrected chi connectivity index (χ2v) is 6.19. The number of aliphatic imine (C=N–C) groups is 2. The molecule has 1 N–H and O–H groups in total. The van der Waals surface area contributed by atoms with Crippen LogP contribution in [0.5, 0.6) is 5.75 Å². The monoisotopic (exact) mass is 356 g/mol. The Balaban J connectivity index is 2.11. The highest BCUT2D eigenvalue weighted by Crippen LogP contribution is 2.26. The van der Waals surface area contributed by atoms with Crippen molar-refractivity contribution >= 4 is 24.2 Å². The molecule has 140 valence electrons. The van der Waals surface area contributed by atoms with E-state index in [1.54, 1.807) is 20.2 Å². The average molecular weight is 356 g/mol. The summed E-state index contributed by atoms with van der Waals surface area (Å²) < 4.78 is 5.38. The summed E-state index contributed by atoms with van der Waals surface area (Å²) >= 11 is 0. The average Bonchev–Trinajstić information content (AvgIpc) is 2.70. The normalized spacial score (nSPS) is 17.0. The van der Waals surface area contributed by atoms with Crippen LogP contribution in [-0.4, -0.2) is 57.2 Å². The van der Waals surface area contributed by atoms with E-state index in [0.29, 0.717) is 17.3 Å². The number of amidine groups is 1. The third kappa shape index (κ3) is 5.02. The van der Waals surface area contributed by atoms with E-state index in [4.69, 9.17) is 4.74 Å². The van der Waals surface area contributed by atoms with Gasteiger partial charge in [-0.25, -0.2) is 0 Å². The standard InChI is InChI=1S/C20H28N4O2/c1-5-24-12-10-15(11-13-24)20(25)23-19(22-3)14-17(21-2)16-8-6-7-9-18(16)26-4/h6-9,14-15H,2,5,10-13H2,1,3-4H3,(H,22,23,25)/b17-14-. The maximum atomic E-state index is 12.6. The molecular formula is C20H28N4O2. The van der Waals surface area contributed by atoms with Crippen molar-refractivity contribution in [3.8, 4) is 5.75 Å². The summed E-state index contributed by atoms with van der Waals surface area (Å²) in [5.74, 6) is 1.21. The number of benzene rings is 1. The Hall–Kier alpha value is -2.47. The summed E-state index contributed by atoms with van der Waals surface area (Å²) in [4.78, 5) is 23.2. The van der Waals surface area contributed by atoms with Crippen LogP contribution < -0.4 is 10.1 Å². The van der Waals surface area contributed by atoms with Gasteiger partial charge < -0.3 is 15.0 Å².